The van der Waals surface area contributed by atoms with E-state index >= 15 is 0 Å². The summed E-state index contributed by atoms with van der Waals surface area (Å²) in [7, 11) is 0. The van der Waals surface area contributed by atoms with Crippen molar-refractivity contribution < 1.29 is 1.43 Å². The van der Waals surface area contributed by atoms with E-state index in [9.17, 15) is 0 Å². The Morgan fingerprint density at radius 2 is 2.29 bits per heavy atom. The van der Waals surface area contributed by atoms with Crippen LogP contribution in [0.5, 0.6) is 0 Å². The first-order chi connectivity index (χ1) is 6.86. The maximum Gasteiger partial charge on any atom is 0.0527 e. The molecule has 0 fully saturated rings. The van der Waals surface area contributed by atoms with Gasteiger partial charge in [-0.05, 0) is 18.6 Å². The molecule has 2 heterocycles. The molecule has 0 amide bonds. The monoisotopic (exact) mass is 192 g/mol. The number of rotatable bonds is 1. The van der Waals surface area contributed by atoms with Gasteiger partial charge in [-0.3, -0.25) is 4.98 Å². The first kappa shape index (κ1) is 10.9. The minimum atomic E-state index is 0. The van der Waals surface area contributed by atoms with Crippen LogP contribution in [-0.2, 0) is 0 Å². The highest BCUT2D eigenvalue weighted by atomic mass is 14.9. The molecule has 0 aliphatic carbocycles. The molecule has 0 radical (unpaired) electrons. The van der Waals surface area contributed by atoms with Gasteiger partial charge >= 0.3 is 0 Å². The van der Waals surface area contributed by atoms with Crippen molar-refractivity contribution in [2.45, 2.75) is 26.8 Å². The summed E-state index contributed by atoms with van der Waals surface area (Å²) in [6, 6.07) is 4.44. The smallest absolute Gasteiger partial charge is 0.0527 e. The molecule has 78 valence electrons. The van der Waals surface area contributed by atoms with Gasteiger partial charge in [0.15, 0.2) is 0 Å². The van der Waals surface area contributed by atoms with Gasteiger partial charge in [0.2, 0.25) is 0 Å². The summed E-state index contributed by atoms with van der Waals surface area (Å²) in [5, 5.41) is 3.39. The maximum atomic E-state index is 4.09. The molecule has 1 N–H and O–H groups in total. The molecule has 2 nitrogen and oxygen atoms in total. The van der Waals surface area contributed by atoms with Crippen molar-refractivity contribution in [1.29, 1.82) is 0 Å². The zero-order chi connectivity index (χ0) is 10.4. The van der Waals surface area contributed by atoms with E-state index in [1.807, 2.05) is 26.1 Å². The Balaban J connectivity index is 0.000000617. The standard InChI is InChI=1S/C10H12N2.C2H6.H2/c1-8-5-10(12-6-8)9-3-2-4-11-7-9;1-2;/h2-5,7,10,12H,6H2,1H3;1-2H3;1H. The minimum absolute atomic E-state index is 0. The molecule has 1 aliphatic heterocycles. The van der Waals surface area contributed by atoms with Crippen molar-refractivity contribution >= 4 is 0 Å². The first-order valence-corrected chi connectivity index (χ1v) is 5.17. The van der Waals surface area contributed by atoms with Crippen molar-refractivity contribution in [2.75, 3.05) is 6.54 Å². The highest BCUT2D eigenvalue weighted by Gasteiger charge is 2.13. The largest absolute Gasteiger partial charge is 0.303 e. The van der Waals surface area contributed by atoms with E-state index in [0.717, 1.165) is 6.54 Å². The Bertz CT molecular complexity index is 296. The third kappa shape index (κ3) is 2.67. The lowest BCUT2D eigenvalue weighted by Gasteiger charge is -2.07. The van der Waals surface area contributed by atoms with Gasteiger partial charge in [0, 0.05) is 20.4 Å². The van der Waals surface area contributed by atoms with Crippen LogP contribution in [0.1, 0.15) is 33.8 Å². The zero-order valence-corrected chi connectivity index (χ0v) is 9.12. The molecule has 0 saturated carbocycles. The molecule has 2 rings (SSSR count). The number of aromatic nitrogens is 1. The first-order valence-electron chi connectivity index (χ1n) is 5.17. The van der Waals surface area contributed by atoms with Gasteiger partial charge in [-0.25, -0.2) is 0 Å². The molecular weight excluding hydrogens is 172 g/mol. The van der Waals surface area contributed by atoms with E-state index in [0.29, 0.717) is 6.04 Å². The van der Waals surface area contributed by atoms with Gasteiger partial charge < -0.3 is 5.32 Å². The van der Waals surface area contributed by atoms with E-state index in [4.69, 9.17) is 0 Å². The number of hydrogen-bond donors (Lipinski definition) is 1. The summed E-state index contributed by atoms with van der Waals surface area (Å²) in [6.45, 7) is 7.14. The van der Waals surface area contributed by atoms with Crippen LogP contribution in [0.3, 0.4) is 0 Å². The van der Waals surface area contributed by atoms with Crippen molar-refractivity contribution in [2.24, 2.45) is 0 Å². The average molecular weight is 192 g/mol. The second-order valence-electron chi connectivity index (χ2n) is 3.16. The Morgan fingerprint density at radius 3 is 2.79 bits per heavy atom. The SMILES string of the molecule is CC.CC1=CC(c2cccnc2)NC1.[HH]. The fourth-order valence-electron chi connectivity index (χ4n) is 1.45. The number of nitrogens with zero attached hydrogens (tertiary/aromatic N) is 1. The number of pyridine rings is 1. The molecule has 1 atom stereocenters. The fourth-order valence-corrected chi connectivity index (χ4v) is 1.45. The maximum absolute atomic E-state index is 4.09. The van der Waals surface area contributed by atoms with Crippen LogP contribution in [0.2, 0.25) is 0 Å². The van der Waals surface area contributed by atoms with Gasteiger partial charge in [-0.1, -0.05) is 31.6 Å². The van der Waals surface area contributed by atoms with Crippen molar-refractivity contribution in [3.63, 3.8) is 0 Å². The summed E-state index contributed by atoms with van der Waals surface area (Å²) in [5.41, 5.74) is 2.65. The van der Waals surface area contributed by atoms with Crippen LogP contribution in [0.15, 0.2) is 36.2 Å². The molecule has 0 aromatic carbocycles. The molecule has 0 spiro atoms. The van der Waals surface area contributed by atoms with E-state index in [2.05, 4.69) is 29.4 Å². The predicted octanol–water partition coefficient (Wildman–Crippen LogP) is 2.94. The highest BCUT2D eigenvalue weighted by molar-refractivity contribution is 5.25. The van der Waals surface area contributed by atoms with E-state index in [-0.39, 0.29) is 1.43 Å². The molecule has 1 aromatic heterocycles. The molecular formula is C12H20N2. The third-order valence-electron chi connectivity index (χ3n) is 2.10. The van der Waals surface area contributed by atoms with E-state index in [1.54, 1.807) is 6.20 Å². The average Bonchev–Trinajstić information content (AvgIpc) is 2.69. The highest BCUT2D eigenvalue weighted by Crippen LogP contribution is 2.19. The Kier molecular flexibility index (Phi) is 4.33. The topological polar surface area (TPSA) is 24.9 Å². The molecule has 1 aromatic rings. The van der Waals surface area contributed by atoms with Gasteiger partial charge in [0.25, 0.3) is 0 Å². The van der Waals surface area contributed by atoms with Crippen molar-refractivity contribution in [3.05, 3.63) is 41.7 Å². The second-order valence-corrected chi connectivity index (χ2v) is 3.16. The summed E-state index contributed by atoms with van der Waals surface area (Å²) in [6.07, 6.45) is 5.96. The molecule has 0 saturated heterocycles. The summed E-state index contributed by atoms with van der Waals surface area (Å²) < 4.78 is 0. The van der Waals surface area contributed by atoms with E-state index < -0.39 is 0 Å². The molecule has 0 bridgehead atoms. The lowest BCUT2D eigenvalue weighted by molar-refractivity contribution is 0.705. The molecule has 1 aliphatic rings. The van der Waals surface area contributed by atoms with Gasteiger partial charge in [0.05, 0.1) is 6.04 Å². The van der Waals surface area contributed by atoms with E-state index in [1.165, 1.54) is 11.1 Å². The van der Waals surface area contributed by atoms with Crippen LogP contribution in [-0.4, -0.2) is 11.5 Å². The Morgan fingerprint density at radius 1 is 1.50 bits per heavy atom. The Labute approximate surface area is 87.6 Å². The van der Waals surface area contributed by atoms with Gasteiger partial charge in [-0.2, -0.15) is 0 Å². The Hall–Kier alpha value is -1.15. The normalized spacial score (nSPS) is 19.6. The second kappa shape index (κ2) is 5.55. The van der Waals surface area contributed by atoms with Crippen LogP contribution in [0.4, 0.5) is 0 Å². The molecule has 14 heavy (non-hydrogen) atoms. The molecule has 2 heteroatoms. The quantitative estimate of drug-likeness (QED) is 0.692. The predicted molar refractivity (Wildman–Crippen MR) is 62.2 cm³/mol. The van der Waals surface area contributed by atoms with Gasteiger partial charge in [-0.15, -0.1) is 0 Å². The van der Waals surface area contributed by atoms with Crippen LogP contribution in [0.25, 0.3) is 0 Å². The number of nitrogens with one attached hydrogen (secondary N) is 1. The van der Waals surface area contributed by atoms with Crippen molar-refractivity contribution in [1.82, 2.24) is 10.3 Å². The zero-order valence-electron chi connectivity index (χ0n) is 9.12. The third-order valence-corrected chi connectivity index (χ3v) is 2.10. The van der Waals surface area contributed by atoms with Crippen LogP contribution >= 0.6 is 0 Å². The minimum Gasteiger partial charge on any atom is -0.303 e. The fraction of sp³-hybridized carbons (Fsp3) is 0.417. The lowest BCUT2D eigenvalue weighted by Crippen LogP contribution is -2.14. The van der Waals surface area contributed by atoms with Gasteiger partial charge in [0.1, 0.15) is 0 Å². The van der Waals surface area contributed by atoms with Crippen molar-refractivity contribution in [3.8, 4) is 0 Å². The summed E-state index contributed by atoms with van der Waals surface area (Å²) in [5.74, 6) is 0. The molecule has 1 unspecified atom stereocenters. The lowest BCUT2D eigenvalue weighted by atomic mass is 10.1. The number of hydrogen-bond acceptors (Lipinski definition) is 2. The van der Waals surface area contributed by atoms with Crippen LogP contribution < -0.4 is 5.32 Å². The summed E-state index contributed by atoms with van der Waals surface area (Å²) >= 11 is 0. The van der Waals surface area contributed by atoms with Crippen LogP contribution in [0, 0.1) is 0 Å². The summed E-state index contributed by atoms with van der Waals surface area (Å²) in [4.78, 5) is 4.09.